The van der Waals surface area contributed by atoms with Crippen LogP contribution in [0.5, 0.6) is 0 Å². The maximum atomic E-state index is 11.7. The van der Waals surface area contributed by atoms with Gasteiger partial charge in [0.05, 0.1) is 0 Å². The lowest BCUT2D eigenvalue weighted by Crippen LogP contribution is -2.56. The third kappa shape index (κ3) is 1.87. The number of fused-ring (bicyclic) bond motifs is 5. The van der Waals surface area contributed by atoms with E-state index in [9.17, 15) is 9.59 Å². The lowest BCUT2D eigenvalue weighted by atomic mass is 9.49. The van der Waals surface area contributed by atoms with Crippen LogP contribution in [0.1, 0.15) is 52.4 Å². The fraction of sp³-hybridized carbons (Fsp3) is 0.684. The van der Waals surface area contributed by atoms with Gasteiger partial charge in [-0.2, -0.15) is 0 Å². The highest BCUT2D eigenvalue weighted by atomic mass is 16.6. The van der Waals surface area contributed by atoms with Crippen LogP contribution in [0.3, 0.4) is 0 Å². The Labute approximate surface area is 131 Å². The van der Waals surface area contributed by atoms with Crippen molar-refractivity contribution in [3.8, 4) is 0 Å². The highest BCUT2D eigenvalue weighted by molar-refractivity contribution is 6.01. The monoisotopic (exact) mass is 300 g/mol. The van der Waals surface area contributed by atoms with Gasteiger partial charge >= 0.3 is 5.97 Å². The first-order valence-corrected chi connectivity index (χ1v) is 8.58. The van der Waals surface area contributed by atoms with Gasteiger partial charge in [0.15, 0.2) is 5.78 Å². The molecule has 118 valence electrons. The van der Waals surface area contributed by atoms with Gasteiger partial charge in [0.2, 0.25) is 0 Å². The number of rotatable bonds is 0. The van der Waals surface area contributed by atoms with Crippen LogP contribution in [0.4, 0.5) is 0 Å². The molecule has 0 unspecified atom stereocenters. The first-order chi connectivity index (χ1) is 10.4. The molecular weight excluding hydrogens is 276 g/mol. The molecule has 2 saturated carbocycles. The molecule has 0 N–H and O–H groups in total. The van der Waals surface area contributed by atoms with Crippen LogP contribution in [0, 0.1) is 23.2 Å². The molecule has 0 aromatic rings. The Morgan fingerprint density at radius 3 is 2.73 bits per heavy atom. The summed E-state index contributed by atoms with van der Waals surface area (Å²) in [5.41, 5.74) is 1.08. The molecule has 0 spiro atoms. The number of ketones is 1. The topological polar surface area (TPSA) is 43.4 Å². The van der Waals surface area contributed by atoms with E-state index in [1.165, 1.54) is 5.57 Å². The number of hydrogen-bond donors (Lipinski definition) is 0. The predicted molar refractivity (Wildman–Crippen MR) is 83.0 cm³/mol. The molecule has 0 aromatic heterocycles. The molecule has 5 atom stereocenters. The summed E-state index contributed by atoms with van der Waals surface area (Å²) in [6.07, 6.45) is 11.5. The number of hydrogen-bond acceptors (Lipinski definition) is 3. The largest absolute Gasteiger partial charge is 0.459 e. The lowest BCUT2D eigenvalue weighted by molar-refractivity contribution is -0.192. The van der Waals surface area contributed by atoms with Crippen LogP contribution >= 0.6 is 0 Å². The molecular formula is C19H24O3. The molecule has 3 nitrogen and oxygen atoms in total. The van der Waals surface area contributed by atoms with E-state index in [4.69, 9.17) is 4.74 Å². The number of allylic oxidation sites excluding steroid dienone is 4. The normalized spacial score (nSPS) is 47.0. The standard InChI is InChI=1S/C19H24O3/c1-18-9-7-13(20)11-12(18)3-4-14-15(18)8-10-19(2)16(14)5-6-17(21)22-19/h7,9,11,14-16H,3-6,8,10H2,1-2H3/t14-,15-,16-,18+,19-/m1/s1. The summed E-state index contributed by atoms with van der Waals surface area (Å²) in [4.78, 5) is 23.4. The van der Waals surface area contributed by atoms with Crippen LogP contribution in [-0.4, -0.2) is 17.4 Å². The van der Waals surface area contributed by atoms with Gasteiger partial charge in [-0.3, -0.25) is 9.59 Å². The second kappa shape index (κ2) is 4.56. The van der Waals surface area contributed by atoms with Crippen molar-refractivity contribution in [2.45, 2.75) is 58.0 Å². The van der Waals surface area contributed by atoms with Crippen LogP contribution < -0.4 is 0 Å². The smallest absolute Gasteiger partial charge is 0.306 e. The quantitative estimate of drug-likeness (QED) is 0.642. The third-order valence-electron chi connectivity index (χ3n) is 6.90. The van der Waals surface area contributed by atoms with Gasteiger partial charge < -0.3 is 4.74 Å². The molecule has 22 heavy (non-hydrogen) atoms. The van der Waals surface area contributed by atoms with Crippen LogP contribution in [0.2, 0.25) is 0 Å². The Bertz CT molecular complexity index is 602. The van der Waals surface area contributed by atoms with Crippen molar-refractivity contribution in [3.05, 3.63) is 23.8 Å². The Balaban J connectivity index is 1.68. The molecule has 0 radical (unpaired) electrons. The van der Waals surface area contributed by atoms with Gasteiger partial charge in [-0.25, -0.2) is 0 Å². The van der Waals surface area contributed by atoms with E-state index in [0.717, 1.165) is 32.1 Å². The van der Waals surface area contributed by atoms with Gasteiger partial charge in [0.25, 0.3) is 0 Å². The molecule has 4 rings (SSSR count). The van der Waals surface area contributed by atoms with Gasteiger partial charge in [-0.15, -0.1) is 0 Å². The molecule has 1 heterocycles. The molecule has 3 fully saturated rings. The lowest BCUT2D eigenvalue weighted by Gasteiger charge is -2.58. The maximum absolute atomic E-state index is 11.7. The third-order valence-corrected chi connectivity index (χ3v) is 6.90. The van der Waals surface area contributed by atoms with E-state index in [-0.39, 0.29) is 22.8 Å². The summed E-state index contributed by atoms with van der Waals surface area (Å²) in [6, 6.07) is 0. The van der Waals surface area contributed by atoms with Crippen molar-refractivity contribution in [3.63, 3.8) is 0 Å². The number of carbonyl (C=O) groups is 2. The summed E-state index contributed by atoms with van der Waals surface area (Å²) in [7, 11) is 0. The fourth-order valence-corrected chi connectivity index (χ4v) is 5.72. The van der Waals surface area contributed by atoms with Crippen molar-refractivity contribution in [2.24, 2.45) is 23.2 Å². The Hall–Kier alpha value is -1.38. The van der Waals surface area contributed by atoms with Gasteiger partial charge in [-0.1, -0.05) is 18.6 Å². The molecule has 1 aliphatic heterocycles. The molecule has 4 aliphatic rings. The summed E-state index contributed by atoms with van der Waals surface area (Å²) in [5, 5.41) is 0. The van der Waals surface area contributed by atoms with Crippen LogP contribution in [0.15, 0.2) is 23.8 Å². The molecule has 1 saturated heterocycles. The fourth-order valence-electron chi connectivity index (χ4n) is 5.72. The van der Waals surface area contributed by atoms with E-state index < -0.39 is 0 Å². The summed E-state index contributed by atoms with van der Waals surface area (Å²) < 4.78 is 5.79. The first kappa shape index (κ1) is 14.2. The molecule has 0 aromatic carbocycles. The van der Waals surface area contributed by atoms with E-state index in [1.807, 2.05) is 6.08 Å². The molecule has 3 heteroatoms. The second-order valence-electron chi connectivity index (χ2n) is 7.97. The Morgan fingerprint density at radius 1 is 1.09 bits per heavy atom. The summed E-state index contributed by atoms with van der Waals surface area (Å²) in [6.45, 7) is 4.44. The number of carbonyl (C=O) groups excluding carboxylic acids is 2. The van der Waals surface area contributed by atoms with Crippen molar-refractivity contribution < 1.29 is 14.3 Å². The van der Waals surface area contributed by atoms with Crippen molar-refractivity contribution in [1.29, 1.82) is 0 Å². The highest BCUT2D eigenvalue weighted by Gasteiger charge is 2.56. The zero-order valence-corrected chi connectivity index (χ0v) is 13.4. The maximum Gasteiger partial charge on any atom is 0.306 e. The number of esters is 1. The predicted octanol–water partition coefficient (Wildman–Crippen LogP) is 3.59. The SMILES string of the molecule is C[C@@]12CC[C@@H]3[C@@H](CCC4=CC(=O)C=C[C@@]43C)[C@H]1CCC(=O)O2. The first-order valence-electron chi connectivity index (χ1n) is 8.58. The van der Waals surface area contributed by atoms with E-state index >= 15 is 0 Å². The molecule has 3 aliphatic carbocycles. The van der Waals surface area contributed by atoms with E-state index in [0.29, 0.717) is 24.2 Å². The number of ether oxygens (including phenoxy) is 1. The van der Waals surface area contributed by atoms with Gasteiger partial charge in [-0.05, 0) is 63.0 Å². The van der Waals surface area contributed by atoms with Crippen molar-refractivity contribution in [1.82, 2.24) is 0 Å². The minimum atomic E-state index is -0.262. The molecule has 0 amide bonds. The van der Waals surface area contributed by atoms with Crippen LogP contribution in [-0.2, 0) is 14.3 Å². The second-order valence-corrected chi connectivity index (χ2v) is 7.97. The highest BCUT2D eigenvalue weighted by Crippen LogP contribution is 2.60. The average molecular weight is 300 g/mol. The zero-order valence-electron chi connectivity index (χ0n) is 13.4. The zero-order chi connectivity index (χ0) is 15.5. The Kier molecular flexibility index (Phi) is 2.95. The van der Waals surface area contributed by atoms with Gasteiger partial charge in [0, 0.05) is 17.8 Å². The average Bonchev–Trinajstić information content (AvgIpc) is 2.46. The van der Waals surface area contributed by atoms with Gasteiger partial charge in [0.1, 0.15) is 5.60 Å². The van der Waals surface area contributed by atoms with E-state index in [1.54, 1.807) is 6.08 Å². The molecule has 0 bridgehead atoms. The Morgan fingerprint density at radius 2 is 1.91 bits per heavy atom. The summed E-state index contributed by atoms with van der Waals surface area (Å²) >= 11 is 0. The van der Waals surface area contributed by atoms with Crippen molar-refractivity contribution >= 4 is 11.8 Å². The minimum absolute atomic E-state index is 0.0250. The van der Waals surface area contributed by atoms with E-state index in [2.05, 4.69) is 19.9 Å². The van der Waals surface area contributed by atoms with Crippen molar-refractivity contribution in [2.75, 3.05) is 0 Å². The van der Waals surface area contributed by atoms with Crippen LogP contribution in [0.25, 0.3) is 0 Å². The minimum Gasteiger partial charge on any atom is -0.459 e. The summed E-state index contributed by atoms with van der Waals surface area (Å²) in [5.74, 6) is 1.77.